The van der Waals surface area contributed by atoms with Gasteiger partial charge in [0.2, 0.25) is 0 Å². The number of guanidine groups is 1. The van der Waals surface area contributed by atoms with Gasteiger partial charge < -0.3 is 15.4 Å². The average molecular weight is 512 g/mol. The summed E-state index contributed by atoms with van der Waals surface area (Å²) in [6, 6.07) is 0.376. The standard InChI is InChI=1S/C17H28N4O2S2.HI/c1-3-23-15(22)13-5-7-14(8-6-13)21-16(18-2)19-9-4-11-24-17-20-10-12-25-17;/h10,12-14H,3-9,11H2,1-2H3,(H2,18,19,21);1H. The molecule has 6 nitrogen and oxygen atoms in total. The first kappa shape index (κ1) is 23.5. The van der Waals surface area contributed by atoms with E-state index in [0.29, 0.717) is 12.6 Å². The Hall–Kier alpha value is -0.550. The highest BCUT2D eigenvalue weighted by atomic mass is 127. The molecule has 0 amide bonds. The predicted octanol–water partition coefficient (Wildman–Crippen LogP) is 3.53. The minimum absolute atomic E-state index is 0. The lowest BCUT2D eigenvalue weighted by Gasteiger charge is -2.29. The van der Waals surface area contributed by atoms with E-state index in [0.717, 1.165) is 54.7 Å². The Kier molecular flexibility index (Phi) is 12.3. The van der Waals surface area contributed by atoms with Gasteiger partial charge in [-0.1, -0.05) is 11.8 Å². The summed E-state index contributed by atoms with van der Waals surface area (Å²) in [7, 11) is 1.80. The lowest BCUT2D eigenvalue weighted by Crippen LogP contribution is -2.45. The molecule has 1 aromatic rings. The van der Waals surface area contributed by atoms with Crippen LogP contribution in [0.3, 0.4) is 0 Å². The summed E-state index contributed by atoms with van der Waals surface area (Å²) in [5.74, 6) is 1.91. The molecule has 26 heavy (non-hydrogen) atoms. The van der Waals surface area contributed by atoms with Gasteiger partial charge in [-0.05, 0) is 39.0 Å². The molecule has 2 N–H and O–H groups in total. The second-order valence-electron chi connectivity index (χ2n) is 5.94. The fraction of sp³-hybridized carbons (Fsp3) is 0.706. The van der Waals surface area contributed by atoms with E-state index in [-0.39, 0.29) is 35.9 Å². The van der Waals surface area contributed by atoms with Crippen LogP contribution < -0.4 is 10.6 Å². The van der Waals surface area contributed by atoms with E-state index < -0.39 is 0 Å². The minimum atomic E-state index is -0.0406. The van der Waals surface area contributed by atoms with Crippen molar-refractivity contribution in [3.63, 3.8) is 0 Å². The number of aliphatic imine (C=N–C) groups is 1. The smallest absolute Gasteiger partial charge is 0.308 e. The largest absolute Gasteiger partial charge is 0.466 e. The van der Waals surface area contributed by atoms with Crippen LogP contribution in [0.25, 0.3) is 0 Å². The number of halogens is 1. The van der Waals surface area contributed by atoms with Gasteiger partial charge in [0, 0.05) is 37.0 Å². The molecule has 0 aliphatic heterocycles. The number of rotatable bonds is 8. The fourth-order valence-electron chi connectivity index (χ4n) is 2.84. The Balaban J connectivity index is 0.00000338. The number of carbonyl (C=O) groups excluding carboxylic acids is 1. The third-order valence-electron chi connectivity index (χ3n) is 4.16. The topological polar surface area (TPSA) is 75.6 Å². The summed E-state index contributed by atoms with van der Waals surface area (Å²) >= 11 is 3.47. The molecule has 1 fully saturated rings. The second kappa shape index (κ2) is 13.6. The highest BCUT2D eigenvalue weighted by Crippen LogP contribution is 2.25. The number of thiazole rings is 1. The third-order valence-corrected chi connectivity index (χ3v) is 6.21. The molecular weight excluding hydrogens is 483 g/mol. The van der Waals surface area contributed by atoms with E-state index in [4.69, 9.17) is 4.74 Å². The number of ether oxygens (including phenoxy) is 1. The Morgan fingerprint density at radius 1 is 1.42 bits per heavy atom. The van der Waals surface area contributed by atoms with E-state index in [1.807, 2.05) is 18.5 Å². The van der Waals surface area contributed by atoms with Gasteiger partial charge in [-0.2, -0.15) is 0 Å². The number of hydrogen-bond donors (Lipinski definition) is 2. The number of nitrogens with zero attached hydrogens (tertiary/aromatic N) is 2. The summed E-state index contributed by atoms with van der Waals surface area (Å²) in [5.41, 5.74) is 0. The van der Waals surface area contributed by atoms with E-state index in [1.54, 1.807) is 30.1 Å². The molecule has 1 heterocycles. The first-order chi connectivity index (χ1) is 12.2. The maximum atomic E-state index is 11.8. The molecule has 1 aromatic heterocycles. The van der Waals surface area contributed by atoms with Crippen LogP contribution in [0.5, 0.6) is 0 Å². The molecular formula is C17H29IN4O2S2. The molecule has 0 atom stereocenters. The highest BCUT2D eigenvalue weighted by molar-refractivity contribution is 14.0. The van der Waals surface area contributed by atoms with Crippen molar-refractivity contribution in [3.8, 4) is 0 Å². The van der Waals surface area contributed by atoms with Crippen molar-refractivity contribution in [1.29, 1.82) is 0 Å². The molecule has 0 aromatic carbocycles. The van der Waals surface area contributed by atoms with Crippen LogP contribution in [0.15, 0.2) is 20.9 Å². The number of carbonyl (C=O) groups is 1. The van der Waals surface area contributed by atoms with E-state index in [9.17, 15) is 4.79 Å². The summed E-state index contributed by atoms with van der Waals surface area (Å²) < 4.78 is 6.25. The molecule has 9 heteroatoms. The average Bonchev–Trinajstić information content (AvgIpc) is 3.14. The highest BCUT2D eigenvalue weighted by Gasteiger charge is 2.27. The molecule has 1 aliphatic rings. The quantitative estimate of drug-likeness (QED) is 0.139. The monoisotopic (exact) mass is 512 g/mol. The molecule has 0 spiro atoms. The number of hydrogen-bond acceptors (Lipinski definition) is 6. The molecule has 0 radical (unpaired) electrons. The van der Waals surface area contributed by atoms with E-state index in [1.165, 1.54) is 0 Å². The maximum Gasteiger partial charge on any atom is 0.308 e. The normalized spacial score (nSPS) is 20.2. The van der Waals surface area contributed by atoms with Crippen LogP contribution >= 0.6 is 47.1 Å². The zero-order valence-corrected chi connectivity index (χ0v) is 19.4. The van der Waals surface area contributed by atoms with Gasteiger partial charge in [-0.25, -0.2) is 4.98 Å². The molecule has 0 saturated heterocycles. The fourth-order valence-corrected chi connectivity index (χ4v) is 4.49. The van der Waals surface area contributed by atoms with Gasteiger partial charge in [0.25, 0.3) is 0 Å². The van der Waals surface area contributed by atoms with Gasteiger partial charge in [0.05, 0.1) is 12.5 Å². The zero-order valence-electron chi connectivity index (χ0n) is 15.4. The molecule has 2 rings (SSSR count). The first-order valence-corrected chi connectivity index (χ1v) is 10.8. The number of aromatic nitrogens is 1. The van der Waals surface area contributed by atoms with Gasteiger partial charge in [0.1, 0.15) is 4.34 Å². The van der Waals surface area contributed by atoms with Gasteiger partial charge in [0.15, 0.2) is 5.96 Å². The van der Waals surface area contributed by atoms with Crippen molar-refractivity contribution in [1.82, 2.24) is 15.6 Å². The van der Waals surface area contributed by atoms with E-state index in [2.05, 4.69) is 20.6 Å². The Bertz CT molecular complexity index is 535. The Morgan fingerprint density at radius 2 is 2.19 bits per heavy atom. The van der Waals surface area contributed by atoms with Crippen LogP contribution in [0, 0.1) is 5.92 Å². The molecule has 1 saturated carbocycles. The summed E-state index contributed by atoms with van der Waals surface area (Å²) in [5, 5.41) is 8.84. The van der Waals surface area contributed by atoms with Crippen molar-refractivity contribution in [2.45, 2.75) is 49.4 Å². The Labute approximate surface area is 181 Å². The summed E-state index contributed by atoms with van der Waals surface area (Å²) in [4.78, 5) is 20.4. The third kappa shape index (κ3) is 8.43. The van der Waals surface area contributed by atoms with Crippen LogP contribution in [0.2, 0.25) is 0 Å². The molecule has 0 bridgehead atoms. The van der Waals surface area contributed by atoms with Crippen LogP contribution in [0.1, 0.15) is 39.0 Å². The van der Waals surface area contributed by atoms with E-state index >= 15 is 0 Å². The van der Waals surface area contributed by atoms with Crippen molar-refractivity contribution >= 4 is 59.0 Å². The van der Waals surface area contributed by atoms with Crippen LogP contribution in [-0.2, 0) is 9.53 Å². The van der Waals surface area contributed by atoms with Gasteiger partial charge in [-0.15, -0.1) is 35.3 Å². The summed E-state index contributed by atoms with van der Waals surface area (Å²) in [6.07, 6.45) is 6.62. The van der Waals surface area contributed by atoms with Crippen LogP contribution in [0.4, 0.5) is 0 Å². The van der Waals surface area contributed by atoms with Crippen molar-refractivity contribution in [2.75, 3.05) is 26.0 Å². The Morgan fingerprint density at radius 3 is 2.81 bits per heavy atom. The van der Waals surface area contributed by atoms with Crippen molar-refractivity contribution in [2.24, 2.45) is 10.9 Å². The number of thioether (sulfide) groups is 1. The van der Waals surface area contributed by atoms with Gasteiger partial charge in [-0.3, -0.25) is 9.79 Å². The molecule has 148 valence electrons. The molecule has 1 aliphatic carbocycles. The zero-order chi connectivity index (χ0) is 17.9. The lowest BCUT2D eigenvalue weighted by molar-refractivity contribution is -0.149. The predicted molar refractivity (Wildman–Crippen MR) is 120 cm³/mol. The minimum Gasteiger partial charge on any atom is -0.466 e. The first-order valence-electron chi connectivity index (χ1n) is 8.89. The number of nitrogens with one attached hydrogen (secondary N) is 2. The van der Waals surface area contributed by atoms with Crippen molar-refractivity contribution in [3.05, 3.63) is 11.6 Å². The molecule has 0 unspecified atom stereocenters. The van der Waals surface area contributed by atoms with Crippen molar-refractivity contribution < 1.29 is 9.53 Å². The SMILES string of the molecule is CCOC(=O)C1CCC(NC(=NC)NCCCSc2nccs2)CC1.I. The summed E-state index contributed by atoms with van der Waals surface area (Å²) in [6.45, 7) is 3.21. The second-order valence-corrected chi connectivity index (χ2v) is 8.18. The lowest BCUT2D eigenvalue weighted by atomic mass is 9.86. The van der Waals surface area contributed by atoms with Crippen LogP contribution in [-0.4, -0.2) is 48.9 Å². The number of esters is 1. The maximum absolute atomic E-state index is 11.8. The van der Waals surface area contributed by atoms with Gasteiger partial charge >= 0.3 is 5.97 Å².